The van der Waals surface area contributed by atoms with Crippen molar-refractivity contribution in [1.82, 2.24) is 0 Å². The van der Waals surface area contributed by atoms with Crippen molar-refractivity contribution >= 4 is 11.6 Å². The van der Waals surface area contributed by atoms with E-state index in [4.69, 9.17) is 4.74 Å². The molecule has 0 saturated heterocycles. The molecule has 4 heteroatoms. The molecule has 25 heavy (non-hydrogen) atoms. The average Bonchev–Trinajstić information content (AvgIpc) is 2.67. The number of ether oxygens (including phenoxy) is 1. The SMILES string of the molecule is CN(C(=O)c1ccc(COc2ccccc2)cc1)c1ccccc1F. The van der Waals surface area contributed by atoms with Crippen molar-refractivity contribution in [3.05, 3.63) is 95.8 Å². The lowest BCUT2D eigenvalue weighted by Gasteiger charge is -2.18. The molecule has 0 spiro atoms. The zero-order chi connectivity index (χ0) is 17.6. The van der Waals surface area contributed by atoms with Crippen molar-refractivity contribution in [2.45, 2.75) is 6.61 Å². The van der Waals surface area contributed by atoms with E-state index in [1.165, 1.54) is 11.0 Å². The molecule has 0 atom stereocenters. The standard InChI is InChI=1S/C21H18FNO2/c1-23(20-10-6-5-9-19(20)22)21(24)17-13-11-16(12-14-17)15-25-18-7-3-2-4-8-18/h2-14H,15H2,1H3. The molecule has 0 unspecified atom stereocenters. The molecule has 0 aliphatic carbocycles. The lowest BCUT2D eigenvalue weighted by molar-refractivity contribution is 0.0992. The summed E-state index contributed by atoms with van der Waals surface area (Å²) in [6, 6.07) is 22.9. The Morgan fingerprint density at radius 3 is 2.24 bits per heavy atom. The van der Waals surface area contributed by atoms with Crippen LogP contribution in [0.4, 0.5) is 10.1 Å². The molecule has 0 saturated carbocycles. The third kappa shape index (κ3) is 4.04. The number of hydrogen-bond donors (Lipinski definition) is 0. The Hall–Kier alpha value is -3.14. The van der Waals surface area contributed by atoms with Crippen LogP contribution >= 0.6 is 0 Å². The predicted octanol–water partition coefficient (Wildman–Crippen LogP) is 4.68. The minimum Gasteiger partial charge on any atom is -0.489 e. The monoisotopic (exact) mass is 335 g/mol. The molecule has 3 nitrogen and oxygen atoms in total. The van der Waals surface area contributed by atoms with E-state index in [1.807, 2.05) is 42.5 Å². The number of rotatable bonds is 5. The maximum absolute atomic E-state index is 13.8. The Balaban J connectivity index is 1.67. The molecule has 3 aromatic rings. The number of halogens is 1. The third-order valence-corrected chi connectivity index (χ3v) is 3.87. The smallest absolute Gasteiger partial charge is 0.258 e. The summed E-state index contributed by atoms with van der Waals surface area (Å²) in [5, 5.41) is 0. The van der Waals surface area contributed by atoms with Crippen LogP contribution in [-0.4, -0.2) is 13.0 Å². The molecule has 0 bridgehead atoms. The molecule has 126 valence electrons. The molecule has 3 rings (SSSR count). The number of nitrogens with zero attached hydrogens (tertiary/aromatic N) is 1. The molecule has 3 aromatic carbocycles. The second kappa shape index (κ2) is 7.62. The van der Waals surface area contributed by atoms with Gasteiger partial charge in [0.15, 0.2) is 0 Å². The van der Waals surface area contributed by atoms with Gasteiger partial charge in [-0.25, -0.2) is 4.39 Å². The lowest BCUT2D eigenvalue weighted by atomic mass is 10.1. The summed E-state index contributed by atoms with van der Waals surface area (Å²) in [4.78, 5) is 13.8. The molecule has 1 amide bonds. The second-order valence-electron chi connectivity index (χ2n) is 5.61. The number of hydrogen-bond acceptors (Lipinski definition) is 2. The van der Waals surface area contributed by atoms with Gasteiger partial charge in [0, 0.05) is 12.6 Å². The highest BCUT2D eigenvalue weighted by Crippen LogP contribution is 2.20. The molecular weight excluding hydrogens is 317 g/mol. The molecule has 0 aromatic heterocycles. The highest BCUT2D eigenvalue weighted by Gasteiger charge is 2.16. The summed E-state index contributed by atoms with van der Waals surface area (Å²) in [6.07, 6.45) is 0. The van der Waals surface area contributed by atoms with Gasteiger partial charge in [0.2, 0.25) is 0 Å². The van der Waals surface area contributed by atoms with E-state index in [9.17, 15) is 9.18 Å². The summed E-state index contributed by atoms with van der Waals surface area (Å²) in [5.41, 5.74) is 1.70. The van der Waals surface area contributed by atoms with Gasteiger partial charge in [-0.15, -0.1) is 0 Å². The fraction of sp³-hybridized carbons (Fsp3) is 0.0952. The summed E-state index contributed by atoms with van der Waals surface area (Å²) < 4.78 is 19.5. The Bertz CT molecular complexity index is 847. The Labute approximate surface area is 146 Å². The van der Waals surface area contributed by atoms with Crippen LogP contribution in [0.3, 0.4) is 0 Å². The van der Waals surface area contributed by atoms with Crippen molar-refractivity contribution in [3.63, 3.8) is 0 Å². The molecule has 0 fully saturated rings. The van der Waals surface area contributed by atoms with E-state index in [0.29, 0.717) is 12.2 Å². The van der Waals surface area contributed by atoms with E-state index < -0.39 is 5.82 Å². The van der Waals surface area contributed by atoms with Crippen molar-refractivity contribution in [1.29, 1.82) is 0 Å². The Kier molecular flexibility index (Phi) is 5.09. The summed E-state index contributed by atoms with van der Waals surface area (Å²) in [7, 11) is 1.56. The van der Waals surface area contributed by atoms with Gasteiger partial charge < -0.3 is 9.64 Å². The largest absolute Gasteiger partial charge is 0.489 e. The highest BCUT2D eigenvalue weighted by molar-refractivity contribution is 6.05. The van der Waals surface area contributed by atoms with Crippen LogP contribution in [0.1, 0.15) is 15.9 Å². The van der Waals surface area contributed by atoms with Gasteiger partial charge in [-0.1, -0.05) is 42.5 Å². The summed E-state index contributed by atoms with van der Waals surface area (Å²) in [6.45, 7) is 0.418. The van der Waals surface area contributed by atoms with Gasteiger partial charge in [-0.2, -0.15) is 0 Å². The predicted molar refractivity (Wildman–Crippen MR) is 96.3 cm³/mol. The molecule has 0 radical (unpaired) electrons. The van der Waals surface area contributed by atoms with Gasteiger partial charge in [0.05, 0.1) is 5.69 Å². The van der Waals surface area contributed by atoms with Crippen molar-refractivity contribution < 1.29 is 13.9 Å². The highest BCUT2D eigenvalue weighted by atomic mass is 19.1. The first-order valence-electron chi connectivity index (χ1n) is 7.94. The molecule has 0 aliphatic rings. The summed E-state index contributed by atoms with van der Waals surface area (Å²) >= 11 is 0. The number of carbonyl (C=O) groups is 1. The number of para-hydroxylation sites is 2. The van der Waals surface area contributed by atoms with Crippen molar-refractivity contribution in [2.24, 2.45) is 0 Å². The van der Waals surface area contributed by atoms with Gasteiger partial charge >= 0.3 is 0 Å². The fourth-order valence-electron chi connectivity index (χ4n) is 2.45. The van der Waals surface area contributed by atoms with Crippen molar-refractivity contribution in [3.8, 4) is 5.75 Å². The number of benzene rings is 3. The van der Waals surface area contributed by atoms with E-state index in [2.05, 4.69) is 0 Å². The van der Waals surface area contributed by atoms with E-state index in [0.717, 1.165) is 11.3 Å². The van der Waals surface area contributed by atoms with Crippen molar-refractivity contribution in [2.75, 3.05) is 11.9 Å². The van der Waals surface area contributed by atoms with E-state index in [-0.39, 0.29) is 11.6 Å². The fourth-order valence-corrected chi connectivity index (χ4v) is 2.45. The van der Waals surface area contributed by atoms with E-state index in [1.54, 1.807) is 37.4 Å². The Morgan fingerprint density at radius 1 is 0.920 bits per heavy atom. The maximum Gasteiger partial charge on any atom is 0.258 e. The number of carbonyl (C=O) groups excluding carboxylic acids is 1. The molecular formula is C21H18FNO2. The van der Waals surface area contributed by atoms with Gasteiger partial charge in [-0.3, -0.25) is 4.79 Å². The maximum atomic E-state index is 13.8. The molecule has 0 aliphatic heterocycles. The normalized spacial score (nSPS) is 10.3. The lowest BCUT2D eigenvalue weighted by Crippen LogP contribution is -2.27. The second-order valence-corrected chi connectivity index (χ2v) is 5.61. The first-order chi connectivity index (χ1) is 12.1. The van der Waals surface area contributed by atoms with E-state index >= 15 is 0 Å². The van der Waals surface area contributed by atoms with Crippen LogP contribution < -0.4 is 9.64 Å². The van der Waals surface area contributed by atoms with Gasteiger partial charge in [0.1, 0.15) is 18.2 Å². The number of anilines is 1. The van der Waals surface area contributed by atoms with Gasteiger partial charge in [0.25, 0.3) is 5.91 Å². The zero-order valence-corrected chi connectivity index (χ0v) is 13.9. The molecule has 0 N–H and O–H groups in total. The quantitative estimate of drug-likeness (QED) is 0.677. The third-order valence-electron chi connectivity index (χ3n) is 3.87. The first kappa shape index (κ1) is 16.7. The molecule has 0 heterocycles. The van der Waals surface area contributed by atoms with Crippen LogP contribution in [-0.2, 0) is 6.61 Å². The summed E-state index contributed by atoms with van der Waals surface area (Å²) in [5.74, 6) is 0.105. The van der Waals surface area contributed by atoms with Crippen LogP contribution in [0, 0.1) is 5.82 Å². The minimum absolute atomic E-state index is 0.254. The zero-order valence-electron chi connectivity index (χ0n) is 13.9. The number of amides is 1. The Morgan fingerprint density at radius 2 is 1.56 bits per heavy atom. The topological polar surface area (TPSA) is 29.5 Å². The first-order valence-corrected chi connectivity index (χ1v) is 7.94. The minimum atomic E-state index is -0.425. The van der Waals surface area contributed by atoms with Crippen LogP contribution in [0.2, 0.25) is 0 Å². The van der Waals surface area contributed by atoms with Crippen LogP contribution in [0.15, 0.2) is 78.9 Å². The van der Waals surface area contributed by atoms with Crippen LogP contribution in [0.5, 0.6) is 5.75 Å². The van der Waals surface area contributed by atoms with Crippen LogP contribution in [0.25, 0.3) is 0 Å². The average molecular weight is 335 g/mol. The van der Waals surface area contributed by atoms with Gasteiger partial charge in [-0.05, 0) is 42.0 Å².